The van der Waals surface area contributed by atoms with Crippen LogP contribution in [0.15, 0.2) is 5.18 Å². The van der Waals surface area contributed by atoms with Gasteiger partial charge in [0.2, 0.25) is 0 Å². The summed E-state index contributed by atoms with van der Waals surface area (Å²) in [6, 6.07) is 0. The minimum atomic E-state index is -1.15. The van der Waals surface area contributed by atoms with Gasteiger partial charge in [0, 0.05) is 0 Å². The van der Waals surface area contributed by atoms with Crippen LogP contribution in [0, 0.1) is 4.91 Å². The van der Waals surface area contributed by atoms with Crippen LogP contribution in [0.3, 0.4) is 0 Å². The summed E-state index contributed by atoms with van der Waals surface area (Å²) in [5.41, 5.74) is -1.70. The first-order chi connectivity index (χ1) is 6.76. The summed E-state index contributed by atoms with van der Waals surface area (Å²) < 4.78 is 5.08. The lowest BCUT2D eigenvalue weighted by Crippen LogP contribution is -2.65. The van der Waals surface area contributed by atoms with Gasteiger partial charge >= 0.3 is 6.09 Å². The Morgan fingerprint density at radius 3 is 2.47 bits per heavy atom. The van der Waals surface area contributed by atoms with Crippen LogP contribution in [0.5, 0.6) is 0 Å². The molecule has 86 valence electrons. The van der Waals surface area contributed by atoms with Crippen molar-refractivity contribution < 1.29 is 14.6 Å². The highest BCUT2D eigenvalue weighted by Crippen LogP contribution is 2.23. The monoisotopic (exact) mass is 216 g/mol. The van der Waals surface area contributed by atoms with Crippen molar-refractivity contribution >= 4 is 6.09 Å². The van der Waals surface area contributed by atoms with Crippen molar-refractivity contribution in [2.24, 2.45) is 5.18 Å². The number of nitrogens with zero attached hydrogens (tertiary/aromatic N) is 2. The van der Waals surface area contributed by atoms with Crippen LogP contribution in [-0.4, -0.2) is 46.9 Å². The molecule has 1 fully saturated rings. The van der Waals surface area contributed by atoms with Crippen molar-refractivity contribution in [2.45, 2.75) is 32.0 Å². The average molecular weight is 216 g/mol. The predicted octanol–water partition coefficient (Wildman–Crippen LogP) is 0.735. The molecule has 0 aromatic rings. The zero-order valence-electron chi connectivity index (χ0n) is 9.19. The van der Waals surface area contributed by atoms with Crippen LogP contribution < -0.4 is 0 Å². The van der Waals surface area contributed by atoms with Crippen molar-refractivity contribution in [3.8, 4) is 0 Å². The van der Waals surface area contributed by atoms with E-state index in [0.717, 1.165) is 0 Å². The molecule has 1 heterocycles. The third kappa shape index (κ3) is 3.16. The smallest absolute Gasteiger partial charge is 0.410 e. The summed E-state index contributed by atoms with van der Waals surface area (Å²) >= 11 is 0. The lowest BCUT2D eigenvalue weighted by Gasteiger charge is -2.44. The molecule has 0 atom stereocenters. The molecule has 6 nitrogen and oxygen atoms in total. The first-order valence-corrected chi connectivity index (χ1v) is 4.75. The molecular formula is C9H16N2O4. The van der Waals surface area contributed by atoms with Crippen LogP contribution in [0.25, 0.3) is 0 Å². The van der Waals surface area contributed by atoms with Gasteiger partial charge in [-0.3, -0.25) is 0 Å². The molecule has 0 spiro atoms. The lowest BCUT2D eigenvalue weighted by molar-refractivity contribution is -0.0916. The molecule has 0 aromatic carbocycles. The van der Waals surface area contributed by atoms with E-state index < -0.39 is 17.3 Å². The third-order valence-corrected chi connectivity index (χ3v) is 1.98. The Hall–Kier alpha value is -1.17. The molecule has 1 rings (SSSR count). The Morgan fingerprint density at radius 1 is 1.53 bits per heavy atom. The topological polar surface area (TPSA) is 79.2 Å². The number of carbonyl (C=O) groups is 1. The zero-order chi connectivity index (χ0) is 11.7. The highest BCUT2D eigenvalue weighted by Gasteiger charge is 2.45. The van der Waals surface area contributed by atoms with Crippen molar-refractivity contribution in [1.82, 2.24) is 4.90 Å². The molecule has 1 aliphatic rings. The molecule has 1 amide bonds. The number of amides is 1. The van der Waals surface area contributed by atoms with Gasteiger partial charge in [0.1, 0.15) is 17.7 Å². The third-order valence-electron chi connectivity index (χ3n) is 1.98. The van der Waals surface area contributed by atoms with Crippen molar-refractivity contribution in [3.63, 3.8) is 0 Å². The molecule has 15 heavy (non-hydrogen) atoms. The molecular weight excluding hydrogens is 200 g/mol. The molecule has 0 bridgehead atoms. The average Bonchev–Trinajstić information content (AvgIpc) is 1.96. The van der Waals surface area contributed by atoms with Crippen LogP contribution in [0.1, 0.15) is 20.8 Å². The van der Waals surface area contributed by atoms with Crippen LogP contribution in [0.2, 0.25) is 0 Å². The Morgan fingerprint density at radius 2 is 2.07 bits per heavy atom. The van der Waals surface area contributed by atoms with E-state index in [1.165, 1.54) is 4.90 Å². The normalized spacial score (nSPS) is 19.3. The van der Waals surface area contributed by atoms with Crippen LogP contribution in [-0.2, 0) is 4.74 Å². The highest BCUT2D eigenvalue weighted by atomic mass is 16.6. The van der Waals surface area contributed by atoms with E-state index in [-0.39, 0.29) is 19.6 Å². The minimum Gasteiger partial charge on any atom is -0.444 e. The van der Waals surface area contributed by atoms with Crippen molar-refractivity contribution in [1.29, 1.82) is 0 Å². The molecule has 6 heteroatoms. The number of β-amino-alcohol motifs (C(OH)–C–C–N with tert-alkyl or cyclic N) is 1. The van der Waals surface area contributed by atoms with E-state index >= 15 is 0 Å². The van der Waals surface area contributed by atoms with Gasteiger partial charge in [-0.25, -0.2) is 4.79 Å². The summed E-state index contributed by atoms with van der Waals surface area (Å²) in [6.07, 6.45) is -0.474. The van der Waals surface area contributed by atoms with Gasteiger partial charge in [0.15, 0.2) is 0 Å². The molecule has 0 unspecified atom stereocenters. The number of nitroso groups, excluding NO2 is 1. The zero-order valence-corrected chi connectivity index (χ0v) is 9.19. The second-order valence-electron chi connectivity index (χ2n) is 4.85. The summed E-state index contributed by atoms with van der Waals surface area (Å²) in [6.45, 7) is 5.32. The summed E-state index contributed by atoms with van der Waals surface area (Å²) in [7, 11) is 0. The number of ether oxygens (including phenoxy) is 1. The van der Waals surface area contributed by atoms with Gasteiger partial charge in [-0.15, -0.1) is 0 Å². The second-order valence-corrected chi connectivity index (χ2v) is 4.85. The first kappa shape index (κ1) is 11.9. The van der Waals surface area contributed by atoms with Gasteiger partial charge in [-0.05, 0) is 20.8 Å². The van der Waals surface area contributed by atoms with Gasteiger partial charge in [0.05, 0.1) is 13.1 Å². The number of rotatable bonds is 2. The Balaban J connectivity index is 2.38. The van der Waals surface area contributed by atoms with Gasteiger partial charge in [0.25, 0.3) is 0 Å². The number of aliphatic hydroxyl groups is 1. The standard InChI is InChI=1S/C9H16N2O4/c1-8(2,3)15-7(12)11-5-9(13,6-11)4-10-14/h13H,4-6H2,1-3H3. The predicted molar refractivity (Wildman–Crippen MR) is 53.4 cm³/mol. The highest BCUT2D eigenvalue weighted by molar-refractivity contribution is 5.69. The summed E-state index contributed by atoms with van der Waals surface area (Å²) in [5, 5.41) is 12.2. The Bertz CT molecular complexity index is 266. The first-order valence-electron chi connectivity index (χ1n) is 4.75. The van der Waals surface area contributed by atoms with E-state index in [0.29, 0.717) is 0 Å². The number of hydrogen-bond acceptors (Lipinski definition) is 5. The maximum Gasteiger partial charge on any atom is 0.410 e. The second kappa shape index (κ2) is 3.77. The maximum absolute atomic E-state index is 11.4. The minimum absolute atomic E-state index is 0.105. The van der Waals surface area contributed by atoms with Crippen molar-refractivity contribution in [3.05, 3.63) is 4.91 Å². The fourth-order valence-corrected chi connectivity index (χ4v) is 1.34. The van der Waals surface area contributed by atoms with Gasteiger partial charge < -0.3 is 14.7 Å². The van der Waals surface area contributed by atoms with E-state index in [1.54, 1.807) is 20.8 Å². The van der Waals surface area contributed by atoms with Crippen molar-refractivity contribution in [2.75, 3.05) is 19.6 Å². The summed E-state index contributed by atoms with van der Waals surface area (Å²) in [4.78, 5) is 22.7. The van der Waals surface area contributed by atoms with E-state index in [9.17, 15) is 14.8 Å². The fourth-order valence-electron chi connectivity index (χ4n) is 1.34. The van der Waals surface area contributed by atoms with Gasteiger partial charge in [-0.1, -0.05) is 5.18 Å². The SMILES string of the molecule is CC(C)(C)OC(=O)N1CC(O)(CN=O)C1. The molecule has 1 saturated heterocycles. The number of likely N-dealkylation sites (tertiary alicyclic amines) is 1. The van der Waals surface area contributed by atoms with Crippen LogP contribution in [0.4, 0.5) is 4.79 Å². The van der Waals surface area contributed by atoms with Crippen LogP contribution >= 0.6 is 0 Å². The quantitative estimate of drug-likeness (QED) is 0.690. The Kier molecular flexibility index (Phi) is 2.99. The Labute approximate surface area is 88.2 Å². The lowest BCUT2D eigenvalue weighted by atomic mass is 9.95. The van der Waals surface area contributed by atoms with E-state index in [1.807, 2.05) is 0 Å². The molecule has 0 aliphatic carbocycles. The molecule has 0 saturated carbocycles. The molecule has 0 aromatic heterocycles. The van der Waals surface area contributed by atoms with Gasteiger partial charge in [-0.2, -0.15) is 4.91 Å². The number of carbonyl (C=O) groups excluding carboxylic acids is 1. The maximum atomic E-state index is 11.4. The van der Waals surface area contributed by atoms with E-state index in [4.69, 9.17) is 4.74 Å². The summed E-state index contributed by atoms with van der Waals surface area (Å²) in [5.74, 6) is 0. The molecule has 0 radical (unpaired) electrons. The fraction of sp³-hybridized carbons (Fsp3) is 0.889. The molecule has 1 aliphatic heterocycles. The van der Waals surface area contributed by atoms with E-state index in [2.05, 4.69) is 5.18 Å². The largest absolute Gasteiger partial charge is 0.444 e. The molecule has 1 N–H and O–H groups in total. The number of hydrogen-bond donors (Lipinski definition) is 1.